The second-order valence-electron chi connectivity index (χ2n) is 6.79. The number of rotatable bonds is 2. The minimum atomic E-state index is -5.08. The van der Waals surface area contributed by atoms with E-state index in [4.69, 9.17) is 0 Å². The molecule has 0 spiro atoms. The van der Waals surface area contributed by atoms with Gasteiger partial charge in [-0.2, -0.15) is 13.2 Å². The third-order valence-corrected chi connectivity index (χ3v) is 5.63. The highest BCUT2D eigenvalue weighted by molar-refractivity contribution is 7.15. The van der Waals surface area contributed by atoms with E-state index in [0.29, 0.717) is 22.7 Å². The van der Waals surface area contributed by atoms with Crippen LogP contribution in [0.1, 0.15) is 22.2 Å². The number of halogens is 3. The minimum absolute atomic E-state index is 0.00919. The summed E-state index contributed by atoms with van der Waals surface area (Å²) in [6.07, 6.45) is -4.50. The zero-order valence-electron chi connectivity index (χ0n) is 15.4. The molecular formula is C20H16F3N3O2S. The minimum Gasteiger partial charge on any atom is -0.359 e. The molecule has 1 aliphatic rings. The molecule has 3 heterocycles. The highest BCUT2D eigenvalue weighted by Gasteiger charge is 2.61. The average Bonchev–Trinajstić information content (AvgIpc) is 3.23. The number of nitrogens with zero attached hydrogens (tertiary/aromatic N) is 2. The van der Waals surface area contributed by atoms with Crippen LogP contribution in [0.15, 0.2) is 54.2 Å². The van der Waals surface area contributed by atoms with Crippen molar-refractivity contribution < 1.29 is 23.1 Å². The van der Waals surface area contributed by atoms with Gasteiger partial charge in [0.2, 0.25) is 0 Å². The predicted molar refractivity (Wildman–Crippen MR) is 104 cm³/mol. The molecule has 1 unspecified atom stereocenters. The van der Waals surface area contributed by atoms with Crippen molar-refractivity contribution in [2.24, 2.45) is 0 Å². The van der Waals surface area contributed by atoms with Gasteiger partial charge >= 0.3 is 6.18 Å². The quantitative estimate of drug-likeness (QED) is 0.647. The molecule has 29 heavy (non-hydrogen) atoms. The fraction of sp³-hybridized carbons (Fsp3) is 0.200. The molecule has 5 nitrogen and oxygen atoms in total. The Balaban J connectivity index is 1.88. The lowest BCUT2D eigenvalue weighted by Gasteiger charge is -2.34. The van der Waals surface area contributed by atoms with E-state index >= 15 is 0 Å². The number of pyridine rings is 1. The first-order valence-electron chi connectivity index (χ1n) is 8.66. The van der Waals surface area contributed by atoms with Gasteiger partial charge in [0.1, 0.15) is 0 Å². The molecule has 0 fully saturated rings. The van der Waals surface area contributed by atoms with E-state index < -0.39 is 17.8 Å². The Morgan fingerprint density at radius 1 is 1.21 bits per heavy atom. The monoisotopic (exact) mass is 419 g/mol. The second-order valence-corrected chi connectivity index (χ2v) is 8.07. The van der Waals surface area contributed by atoms with Gasteiger partial charge in [-0.3, -0.25) is 10.2 Å². The van der Waals surface area contributed by atoms with E-state index in [-0.39, 0.29) is 16.3 Å². The fourth-order valence-electron chi connectivity index (χ4n) is 3.25. The van der Waals surface area contributed by atoms with E-state index in [1.165, 1.54) is 24.3 Å². The average molecular weight is 419 g/mol. The number of benzene rings is 1. The number of hydrogen-bond donors (Lipinski definition) is 2. The first kappa shape index (κ1) is 19.4. The molecule has 9 heteroatoms. The molecule has 3 aromatic rings. The maximum absolute atomic E-state index is 13.6. The van der Waals surface area contributed by atoms with Crippen molar-refractivity contribution in [2.45, 2.75) is 25.7 Å². The van der Waals surface area contributed by atoms with Gasteiger partial charge in [-0.15, -0.1) is 11.3 Å². The molecule has 2 N–H and O–H groups in total. The molecule has 1 atom stereocenters. The highest BCUT2D eigenvalue weighted by atomic mass is 32.1. The fourth-order valence-corrected chi connectivity index (χ4v) is 4.07. The number of aromatic nitrogens is 1. The van der Waals surface area contributed by atoms with Crippen LogP contribution in [0.2, 0.25) is 0 Å². The van der Waals surface area contributed by atoms with Gasteiger partial charge in [-0.1, -0.05) is 18.2 Å². The lowest BCUT2D eigenvalue weighted by atomic mass is 10.0. The van der Waals surface area contributed by atoms with Crippen molar-refractivity contribution in [3.63, 3.8) is 0 Å². The molecule has 1 amide bonds. The Morgan fingerprint density at radius 2 is 1.93 bits per heavy atom. The molecule has 0 aliphatic carbocycles. The standard InChI is InChI=1S/C20H16F3N3O2S/c1-11-10-19(28,20(21,22)23)26(25-11)18(27)14-9-16(17-8-7-12(2)29-17)24-15-6-4-3-5-13(14)15/h3-10,25,28H,1-2H3. The number of carbonyl (C=O) groups excluding carboxylic acids is 1. The molecule has 1 aromatic carbocycles. The smallest absolute Gasteiger partial charge is 0.359 e. The Kier molecular flexibility index (Phi) is 4.39. The van der Waals surface area contributed by atoms with Gasteiger partial charge in [0.25, 0.3) is 11.6 Å². The predicted octanol–water partition coefficient (Wildman–Crippen LogP) is 4.39. The van der Waals surface area contributed by atoms with E-state index in [2.05, 4.69) is 10.4 Å². The molecule has 4 rings (SSSR count). The third-order valence-electron chi connectivity index (χ3n) is 4.61. The van der Waals surface area contributed by atoms with Crippen LogP contribution < -0.4 is 5.43 Å². The number of aliphatic hydroxyl groups is 1. The number of alkyl halides is 3. The summed E-state index contributed by atoms with van der Waals surface area (Å²) in [7, 11) is 0. The van der Waals surface area contributed by atoms with Gasteiger partial charge < -0.3 is 5.11 Å². The summed E-state index contributed by atoms with van der Waals surface area (Å²) in [5.41, 5.74) is -0.136. The number of amides is 1. The topological polar surface area (TPSA) is 65.5 Å². The number of aryl methyl sites for hydroxylation is 1. The molecule has 1 aliphatic heterocycles. The first-order valence-corrected chi connectivity index (χ1v) is 9.48. The van der Waals surface area contributed by atoms with Crippen molar-refractivity contribution >= 4 is 28.1 Å². The van der Waals surface area contributed by atoms with Crippen LogP contribution in [-0.4, -0.2) is 32.9 Å². The van der Waals surface area contributed by atoms with Crippen LogP contribution in [0.25, 0.3) is 21.5 Å². The first-order chi connectivity index (χ1) is 13.6. The van der Waals surface area contributed by atoms with E-state index in [9.17, 15) is 23.1 Å². The summed E-state index contributed by atoms with van der Waals surface area (Å²) >= 11 is 1.46. The van der Waals surface area contributed by atoms with Gasteiger partial charge in [-0.05, 0) is 44.2 Å². The van der Waals surface area contributed by atoms with Crippen molar-refractivity contribution in [3.05, 3.63) is 64.7 Å². The van der Waals surface area contributed by atoms with E-state index in [1.54, 1.807) is 24.3 Å². The van der Waals surface area contributed by atoms with Crippen LogP contribution in [0.5, 0.6) is 0 Å². The zero-order chi connectivity index (χ0) is 21.0. The molecule has 0 saturated heterocycles. The third kappa shape index (κ3) is 3.16. The number of hydrogen-bond acceptors (Lipinski definition) is 5. The largest absolute Gasteiger partial charge is 0.442 e. The van der Waals surface area contributed by atoms with Crippen LogP contribution in [0, 0.1) is 6.92 Å². The zero-order valence-corrected chi connectivity index (χ0v) is 16.2. The number of hydrazine groups is 1. The summed E-state index contributed by atoms with van der Waals surface area (Å²) in [4.78, 5) is 19.6. The molecule has 2 aromatic heterocycles. The van der Waals surface area contributed by atoms with Crippen LogP contribution in [-0.2, 0) is 0 Å². The number of fused-ring (bicyclic) bond motifs is 1. The van der Waals surface area contributed by atoms with Gasteiger partial charge in [0, 0.05) is 16.0 Å². The maximum Gasteiger partial charge on any atom is 0.442 e. The van der Waals surface area contributed by atoms with Crippen molar-refractivity contribution in [2.75, 3.05) is 0 Å². The summed E-state index contributed by atoms with van der Waals surface area (Å²) in [5.74, 6) is -1.01. The summed E-state index contributed by atoms with van der Waals surface area (Å²) in [5, 5.41) is 10.9. The highest BCUT2D eigenvalue weighted by Crippen LogP contribution is 2.39. The molecule has 150 valence electrons. The Bertz CT molecular complexity index is 1160. The van der Waals surface area contributed by atoms with Gasteiger partial charge in [-0.25, -0.2) is 9.99 Å². The van der Waals surface area contributed by atoms with Crippen molar-refractivity contribution in [1.29, 1.82) is 0 Å². The maximum atomic E-state index is 13.6. The number of nitrogens with one attached hydrogen (secondary N) is 1. The van der Waals surface area contributed by atoms with Crippen LogP contribution >= 0.6 is 11.3 Å². The second kappa shape index (κ2) is 6.57. The number of thiophene rings is 1. The normalized spacial score (nSPS) is 19.4. The van der Waals surface area contributed by atoms with Crippen LogP contribution in [0.3, 0.4) is 0 Å². The lowest BCUT2D eigenvalue weighted by Crippen LogP contribution is -2.60. The molecular weight excluding hydrogens is 403 g/mol. The number of allylic oxidation sites excluding steroid dienone is 1. The Morgan fingerprint density at radius 3 is 2.59 bits per heavy atom. The molecule has 0 bridgehead atoms. The van der Waals surface area contributed by atoms with Gasteiger partial charge in [0.05, 0.1) is 21.7 Å². The Labute approximate surface area is 168 Å². The Hall–Kier alpha value is -2.91. The number of para-hydroxylation sites is 1. The van der Waals surface area contributed by atoms with Crippen molar-refractivity contribution in [3.8, 4) is 10.6 Å². The summed E-state index contributed by atoms with van der Waals surface area (Å²) < 4.78 is 40.7. The number of carbonyl (C=O) groups is 1. The summed E-state index contributed by atoms with van der Waals surface area (Å²) in [6, 6.07) is 11.9. The molecule has 0 radical (unpaired) electrons. The van der Waals surface area contributed by atoms with Crippen molar-refractivity contribution in [1.82, 2.24) is 15.4 Å². The SMILES string of the molecule is CC1=CC(O)(C(F)(F)F)N(C(=O)c2cc(-c3ccc(C)s3)nc3ccccc23)N1. The van der Waals surface area contributed by atoms with E-state index in [1.807, 2.05) is 19.1 Å². The van der Waals surface area contributed by atoms with Crippen LogP contribution in [0.4, 0.5) is 13.2 Å². The summed E-state index contributed by atoms with van der Waals surface area (Å²) in [6.45, 7) is 3.27. The van der Waals surface area contributed by atoms with Gasteiger partial charge in [0.15, 0.2) is 0 Å². The van der Waals surface area contributed by atoms with E-state index in [0.717, 1.165) is 9.75 Å². The lowest BCUT2D eigenvalue weighted by molar-refractivity contribution is -0.283. The molecule has 0 saturated carbocycles.